The highest BCUT2D eigenvalue weighted by molar-refractivity contribution is 5.82. The predicted octanol–water partition coefficient (Wildman–Crippen LogP) is 4.07. The lowest BCUT2D eigenvalue weighted by molar-refractivity contribution is 0.541. The average molecular weight is 259 g/mol. The highest BCUT2D eigenvalue weighted by Gasteiger charge is 2.10. The van der Waals surface area contributed by atoms with Gasteiger partial charge in [0.15, 0.2) is 0 Å². The third kappa shape index (κ3) is 3.72. The monoisotopic (exact) mass is 259 g/mol. The van der Waals surface area contributed by atoms with Gasteiger partial charge in [-0.25, -0.2) is 0 Å². The summed E-state index contributed by atoms with van der Waals surface area (Å²) in [6.07, 6.45) is 3.13. The Labute approximate surface area is 116 Å². The Morgan fingerprint density at radius 3 is 2.63 bits per heavy atom. The van der Waals surface area contributed by atoms with Gasteiger partial charge in [-0.05, 0) is 36.5 Å². The van der Waals surface area contributed by atoms with Crippen LogP contribution in [0.15, 0.2) is 24.4 Å². The normalized spacial score (nSPS) is 11.7. The van der Waals surface area contributed by atoms with Crippen LogP contribution in [0.4, 0.5) is 5.69 Å². The Hall–Kier alpha value is -1.51. The van der Waals surface area contributed by atoms with Crippen molar-refractivity contribution in [3.63, 3.8) is 0 Å². The highest BCUT2D eigenvalue weighted by Crippen LogP contribution is 2.22. The zero-order valence-electron chi connectivity index (χ0n) is 12.5. The maximum absolute atomic E-state index is 4.09. The highest BCUT2D eigenvalue weighted by atomic mass is 15.1. The topological polar surface area (TPSA) is 31.9 Å². The lowest BCUT2D eigenvalue weighted by atomic mass is 10.1. The number of fused-ring (bicyclic) bond motifs is 1. The van der Waals surface area contributed by atoms with Crippen LogP contribution in [0.2, 0.25) is 0 Å². The van der Waals surface area contributed by atoms with E-state index in [0.29, 0.717) is 5.92 Å². The molecule has 0 saturated carbocycles. The van der Waals surface area contributed by atoms with E-state index in [-0.39, 0.29) is 0 Å². The molecule has 0 amide bonds. The van der Waals surface area contributed by atoms with E-state index >= 15 is 0 Å². The van der Waals surface area contributed by atoms with Crippen molar-refractivity contribution in [2.24, 2.45) is 11.8 Å². The van der Waals surface area contributed by atoms with Crippen LogP contribution in [0.5, 0.6) is 0 Å². The van der Waals surface area contributed by atoms with Crippen molar-refractivity contribution in [3.8, 4) is 0 Å². The van der Waals surface area contributed by atoms with Gasteiger partial charge in [-0.1, -0.05) is 27.7 Å². The van der Waals surface area contributed by atoms with Crippen LogP contribution < -0.4 is 4.90 Å². The van der Waals surface area contributed by atoms with Crippen molar-refractivity contribution < 1.29 is 0 Å². The third-order valence-corrected chi connectivity index (χ3v) is 3.35. The van der Waals surface area contributed by atoms with Gasteiger partial charge in [-0.15, -0.1) is 0 Å². The van der Waals surface area contributed by atoms with E-state index in [1.165, 1.54) is 17.5 Å². The second-order valence-electron chi connectivity index (χ2n) is 6.16. The first kappa shape index (κ1) is 13.9. The number of nitrogens with one attached hydrogen (secondary N) is 1. The molecule has 1 aromatic carbocycles. The summed E-state index contributed by atoms with van der Waals surface area (Å²) in [7, 11) is 0. The summed E-state index contributed by atoms with van der Waals surface area (Å²) in [4.78, 5) is 2.50. The largest absolute Gasteiger partial charge is 0.371 e. The first-order valence-corrected chi connectivity index (χ1v) is 7.24. The van der Waals surface area contributed by atoms with Crippen LogP contribution in [0.25, 0.3) is 10.9 Å². The Kier molecular flexibility index (Phi) is 4.46. The minimum absolute atomic E-state index is 0.673. The predicted molar refractivity (Wildman–Crippen MR) is 82.6 cm³/mol. The molecule has 2 rings (SSSR count). The molecule has 3 nitrogen and oxygen atoms in total. The van der Waals surface area contributed by atoms with Gasteiger partial charge < -0.3 is 4.90 Å². The molecule has 0 fully saturated rings. The number of rotatable bonds is 6. The van der Waals surface area contributed by atoms with Crippen molar-refractivity contribution in [1.82, 2.24) is 10.2 Å². The molecule has 0 aliphatic rings. The molecule has 19 heavy (non-hydrogen) atoms. The number of aromatic nitrogens is 2. The molecule has 104 valence electrons. The summed E-state index contributed by atoms with van der Waals surface area (Å²) in [6.45, 7) is 11.4. The van der Waals surface area contributed by atoms with Crippen LogP contribution in [-0.4, -0.2) is 23.3 Å². The first-order chi connectivity index (χ1) is 9.06. The molecule has 0 unspecified atom stereocenters. The van der Waals surface area contributed by atoms with Crippen molar-refractivity contribution in [2.45, 2.75) is 34.1 Å². The van der Waals surface area contributed by atoms with Crippen LogP contribution in [0.3, 0.4) is 0 Å². The number of benzene rings is 1. The van der Waals surface area contributed by atoms with Crippen LogP contribution in [0.1, 0.15) is 34.1 Å². The molecule has 2 aromatic rings. The zero-order valence-corrected chi connectivity index (χ0v) is 12.5. The van der Waals surface area contributed by atoms with Gasteiger partial charge in [0, 0.05) is 24.2 Å². The second kappa shape index (κ2) is 6.09. The van der Waals surface area contributed by atoms with Crippen molar-refractivity contribution in [1.29, 1.82) is 0 Å². The van der Waals surface area contributed by atoms with E-state index in [4.69, 9.17) is 0 Å². The molecular weight excluding hydrogens is 234 g/mol. The summed E-state index contributed by atoms with van der Waals surface area (Å²) in [6, 6.07) is 6.56. The molecule has 0 atom stereocenters. The number of H-pyrrole nitrogens is 1. The molecule has 0 aliphatic carbocycles. The zero-order chi connectivity index (χ0) is 13.8. The molecule has 0 saturated heterocycles. The van der Waals surface area contributed by atoms with Crippen LogP contribution >= 0.6 is 0 Å². The lowest BCUT2D eigenvalue weighted by Gasteiger charge is -2.27. The summed E-state index contributed by atoms with van der Waals surface area (Å²) in [5.41, 5.74) is 2.42. The average Bonchev–Trinajstić information content (AvgIpc) is 2.80. The molecule has 0 bridgehead atoms. The Morgan fingerprint density at radius 1 is 1.16 bits per heavy atom. The maximum atomic E-state index is 4.09. The van der Waals surface area contributed by atoms with Gasteiger partial charge >= 0.3 is 0 Å². The quantitative estimate of drug-likeness (QED) is 0.848. The van der Waals surface area contributed by atoms with E-state index in [0.717, 1.165) is 24.5 Å². The Bertz CT molecular complexity index is 513. The van der Waals surface area contributed by atoms with E-state index in [2.05, 4.69) is 61.0 Å². The summed E-state index contributed by atoms with van der Waals surface area (Å²) >= 11 is 0. The lowest BCUT2D eigenvalue weighted by Crippen LogP contribution is -2.29. The molecule has 1 N–H and O–H groups in total. The van der Waals surface area contributed by atoms with Crippen molar-refractivity contribution >= 4 is 16.6 Å². The number of anilines is 1. The Morgan fingerprint density at radius 2 is 1.95 bits per heavy atom. The Balaban J connectivity index is 2.19. The standard InChI is InChI=1S/C16H25N3/c1-12(2)7-8-19(11-13(3)4)15-5-6-16-14(9-15)10-17-18-16/h5-6,9-10,12-13H,7-8,11H2,1-4H3,(H,17,18). The van der Waals surface area contributed by atoms with E-state index in [9.17, 15) is 0 Å². The van der Waals surface area contributed by atoms with E-state index < -0.39 is 0 Å². The van der Waals surface area contributed by atoms with E-state index in [1.54, 1.807) is 0 Å². The summed E-state index contributed by atoms with van der Waals surface area (Å²) in [5, 5.41) is 8.29. The van der Waals surface area contributed by atoms with Gasteiger partial charge in [0.25, 0.3) is 0 Å². The number of hydrogen-bond acceptors (Lipinski definition) is 2. The van der Waals surface area contributed by atoms with Gasteiger partial charge in [-0.2, -0.15) is 5.10 Å². The molecule has 1 aromatic heterocycles. The summed E-state index contributed by atoms with van der Waals surface area (Å²) < 4.78 is 0. The maximum Gasteiger partial charge on any atom is 0.0651 e. The molecular formula is C16H25N3. The van der Waals surface area contributed by atoms with Gasteiger partial charge in [-0.3, -0.25) is 5.10 Å². The first-order valence-electron chi connectivity index (χ1n) is 7.24. The third-order valence-electron chi connectivity index (χ3n) is 3.35. The minimum atomic E-state index is 0.673. The van der Waals surface area contributed by atoms with Gasteiger partial charge in [0.1, 0.15) is 0 Å². The van der Waals surface area contributed by atoms with Crippen LogP contribution in [0, 0.1) is 11.8 Å². The van der Waals surface area contributed by atoms with E-state index in [1.807, 2.05) is 6.20 Å². The molecule has 0 radical (unpaired) electrons. The fourth-order valence-electron chi connectivity index (χ4n) is 2.31. The molecule has 0 spiro atoms. The number of nitrogens with zero attached hydrogens (tertiary/aromatic N) is 2. The smallest absolute Gasteiger partial charge is 0.0651 e. The summed E-state index contributed by atoms with van der Waals surface area (Å²) in [5.74, 6) is 1.42. The minimum Gasteiger partial charge on any atom is -0.371 e. The van der Waals surface area contributed by atoms with Crippen molar-refractivity contribution in [3.05, 3.63) is 24.4 Å². The fraction of sp³-hybridized carbons (Fsp3) is 0.562. The van der Waals surface area contributed by atoms with Gasteiger partial charge in [0.2, 0.25) is 0 Å². The van der Waals surface area contributed by atoms with Gasteiger partial charge in [0.05, 0.1) is 11.7 Å². The molecule has 3 heteroatoms. The van der Waals surface area contributed by atoms with Crippen molar-refractivity contribution in [2.75, 3.05) is 18.0 Å². The second-order valence-corrected chi connectivity index (χ2v) is 6.16. The molecule has 0 aliphatic heterocycles. The van der Waals surface area contributed by atoms with Crippen LogP contribution in [-0.2, 0) is 0 Å². The number of hydrogen-bond donors (Lipinski definition) is 1. The fourth-order valence-corrected chi connectivity index (χ4v) is 2.31. The number of aromatic amines is 1. The molecule has 1 heterocycles. The SMILES string of the molecule is CC(C)CCN(CC(C)C)c1ccc2[nH]ncc2c1.